The molecule has 8 heteroatoms. The second kappa shape index (κ2) is 8.99. The molecule has 0 saturated carbocycles. The van der Waals surface area contributed by atoms with E-state index < -0.39 is 11.7 Å². The highest BCUT2D eigenvalue weighted by Crippen LogP contribution is 2.42. The van der Waals surface area contributed by atoms with Crippen molar-refractivity contribution in [2.75, 3.05) is 7.11 Å². The van der Waals surface area contributed by atoms with Crippen LogP contribution in [-0.2, 0) is 6.18 Å². The minimum Gasteiger partial charge on any atom is -0.497 e. The number of hydrogen-bond acceptors (Lipinski definition) is 3. The Hall–Kier alpha value is -3.84. The molecule has 0 N–H and O–H groups in total. The van der Waals surface area contributed by atoms with Crippen LogP contribution in [0.4, 0.5) is 13.2 Å². The van der Waals surface area contributed by atoms with Gasteiger partial charge in [-0.1, -0.05) is 47.5 Å². The first-order valence-electron chi connectivity index (χ1n) is 11.1. The lowest BCUT2D eigenvalue weighted by atomic mass is 10.0. The first kappa shape index (κ1) is 23.9. The van der Waals surface area contributed by atoms with Crippen LogP contribution in [0.25, 0.3) is 39.2 Å². The van der Waals surface area contributed by atoms with E-state index in [1.165, 1.54) is 11.8 Å². The quantitative estimate of drug-likeness (QED) is 0.247. The predicted octanol–water partition coefficient (Wildman–Crippen LogP) is 8.05. The molecule has 36 heavy (non-hydrogen) atoms. The molecule has 0 aliphatic carbocycles. The maximum absolute atomic E-state index is 14.5. The van der Waals surface area contributed by atoms with Gasteiger partial charge in [-0.15, -0.1) is 0 Å². The van der Waals surface area contributed by atoms with E-state index >= 15 is 0 Å². The van der Waals surface area contributed by atoms with Crippen LogP contribution in [0.5, 0.6) is 5.75 Å². The summed E-state index contributed by atoms with van der Waals surface area (Å²) in [7, 11) is 1.53. The molecule has 0 spiro atoms. The van der Waals surface area contributed by atoms with Crippen LogP contribution in [0.15, 0.2) is 72.8 Å². The lowest BCUT2D eigenvalue weighted by Gasteiger charge is -2.13. The molecule has 5 rings (SSSR count). The van der Waals surface area contributed by atoms with Crippen molar-refractivity contribution in [2.24, 2.45) is 0 Å². The van der Waals surface area contributed by atoms with Gasteiger partial charge in [0.2, 0.25) is 0 Å². The fraction of sp³-hybridized carbons (Fsp3) is 0.143. The van der Waals surface area contributed by atoms with Gasteiger partial charge in [-0.2, -0.15) is 18.3 Å². The van der Waals surface area contributed by atoms with E-state index in [4.69, 9.17) is 16.3 Å². The Morgan fingerprint density at radius 1 is 0.861 bits per heavy atom. The molecule has 3 aromatic carbocycles. The van der Waals surface area contributed by atoms with Crippen LogP contribution in [-0.4, -0.2) is 21.9 Å². The van der Waals surface area contributed by atoms with Crippen molar-refractivity contribution in [3.8, 4) is 34.0 Å². The summed E-state index contributed by atoms with van der Waals surface area (Å²) in [4.78, 5) is 4.68. The summed E-state index contributed by atoms with van der Waals surface area (Å²) in [5, 5.41) is 5.05. The largest absolute Gasteiger partial charge is 0.497 e. The molecule has 4 nitrogen and oxygen atoms in total. The van der Waals surface area contributed by atoms with Gasteiger partial charge in [0, 0.05) is 16.1 Å². The number of rotatable bonds is 4. The van der Waals surface area contributed by atoms with E-state index in [-0.39, 0.29) is 22.4 Å². The van der Waals surface area contributed by atoms with Crippen molar-refractivity contribution >= 4 is 22.6 Å². The molecule has 0 unspecified atom stereocenters. The van der Waals surface area contributed by atoms with Crippen LogP contribution < -0.4 is 4.74 Å². The van der Waals surface area contributed by atoms with Gasteiger partial charge in [-0.05, 0) is 61.9 Å². The molecule has 182 valence electrons. The lowest BCUT2D eigenvalue weighted by molar-refractivity contribution is -0.136. The van der Waals surface area contributed by atoms with Gasteiger partial charge in [0.15, 0.2) is 5.65 Å². The van der Waals surface area contributed by atoms with Crippen LogP contribution in [0.1, 0.15) is 16.7 Å². The molecule has 2 heterocycles. The molecule has 0 aliphatic rings. The Labute approximate surface area is 210 Å². The molecule has 0 radical (unpaired) electrons. The highest BCUT2D eigenvalue weighted by molar-refractivity contribution is 6.31. The number of ether oxygens (including phenoxy) is 1. The summed E-state index contributed by atoms with van der Waals surface area (Å²) in [6.07, 6.45) is -4.64. The second-order valence-electron chi connectivity index (χ2n) is 8.54. The third kappa shape index (κ3) is 4.31. The highest BCUT2D eigenvalue weighted by atomic mass is 35.5. The summed E-state index contributed by atoms with van der Waals surface area (Å²) in [6.45, 7) is 3.77. The number of methoxy groups -OCH3 is 1. The molecule has 0 aliphatic heterocycles. The molecular weight excluding hydrogens is 487 g/mol. The normalized spacial score (nSPS) is 11.8. The Morgan fingerprint density at radius 2 is 1.53 bits per heavy atom. The van der Waals surface area contributed by atoms with E-state index in [1.807, 2.05) is 26.0 Å². The molecule has 2 aromatic heterocycles. The molecule has 0 saturated heterocycles. The zero-order chi connectivity index (χ0) is 25.6. The number of nitrogens with zero attached hydrogens (tertiary/aromatic N) is 3. The summed E-state index contributed by atoms with van der Waals surface area (Å²) in [5.74, 6) is 0.594. The Morgan fingerprint density at radius 3 is 2.14 bits per heavy atom. The number of alkyl halides is 3. The molecule has 0 fully saturated rings. The van der Waals surface area contributed by atoms with Crippen molar-refractivity contribution in [1.29, 1.82) is 0 Å². The minimum absolute atomic E-state index is 0.0692. The number of halogens is 4. The van der Waals surface area contributed by atoms with Crippen molar-refractivity contribution in [3.63, 3.8) is 0 Å². The van der Waals surface area contributed by atoms with E-state index in [0.29, 0.717) is 27.6 Å². The predicted molar refractivity (Wildman–Crippen MR) is 136 cm³/mol. The third-order valence-corrected chi connectivity index (χ3v) is 6.46. The zero-order valence-corrected chi connectivity index (χ0v) is 20.4. The molecule has 0 amide bonds. The monoisotopic (exact) mass is 507 g/mol. The number of aryl methyl sites for hydroxylation is 2. The number of benzene rings is 3. The van der Waals surface area contributed by atoms with Gasteiger partial charge in [-0.3, -0.25) is 0 Å². The van der Waals surface area contributed by atoms with E-state index in [2.05, 4.69) is 10.1 Å². The maximum atomic E-state index is 14.5. The fourth-order valence-corrected chi connectivity index (χ4v) is 4.23. The van der Waals surface area contributed by atoms with Gasteiger partial charge < -0.3 is 4.74 Å². The smallest absolute Gasteiger partial charge is 0.417 e. The third-order valence-electron chi connectivity index (χ3n) is 6.05. The number of pyridine rings is 1. The molecular formula is C28H21ClF3N3O. The van der Waals surface area contributed by atoms with Crippen LogP contribution in [0, 0.1) is 13.8 Å². The van der Waals surface area contributed by atoms with E-state index in [1.54, 1.807) is 54.6 Å². The number of aromatic nitrogens is 3. The minimum atomic E-state index is -4.64. The topological polar surface area (TPSA) is 39.9 Å². The van der Waals surface area contributed by atoms with Gasteiger partial charge in [-0.25, -0.2) is 9.67 Å². The average molecular weight is 508 g/mol. The summed E-state index contributed by atoms with van der Waals surface area (Å²) < 4.78 is 50.2. The van der Waals surface area contributed by atoms with Gasteiger partial charge in [0.05, 0.1) is 29.4 Å². The van der Waals surface area contributed by atoms with E-state index in [0.717, 1.165) is 17.2 Å². The van der Waals surface area contributed by atoms with Crippen molar-refractivity contribution < 1.29 is 17.9 Å². The Balaban J connectivity index is 1.87. The molecule has 0 atom stereocenters. The summed E-state index contributed by atoms with van der Waals surface area (Å²) in [5.41, 5.74) is 3.09. The Kier molecular flexibility index (Phi) is 5.96. The number of hydrogen-bond donors (Lipinski definition) is 0. The van der Waals surface area contributed by atoms with Crippen molar-refractivity contribution in [2.45, 2.75) is 20.0 Å². The van der Waals surface area contributed by atoms with Crippen molar-refractivity contribution in [1.82, 2.24) is 14.8 Å². The Bertz CT molecular complexity index is 1570. The highest BCUT2D eigenvalue weighted by Gasteiger charge is 2.36. The molecule has 5 aromatic rings. The van der Waals surface area contributed by atoms with Crippen LogP contribution >= 0.6 is 11.6 Å². The molecule has 0 bridgehead atoms. The average Bonchev–Trinajstić information content (AvgIpc) is 3.24. The van der Waals surface area contributed by atoms with E-state index in [9.17, 15) is 13.2 Å². The lowest BCUT2D eigenvalue weighted by Crippen LogP contribution is -2.08. The maximum Gasteiger partial charge on any atom is 0.417 e. The fourth-order valence-electron chi connectivity index (χ4n) is 4.06. The SMILES string of the molecule is COc1ccc(-c2cc(C(F)(F)F)c3c(-c4ccc(C)cc4)nn(-c4ccc(C)c(Cl)c4)c3n2)cc1. The summed E-state index contributed by atoms with van der Waals surface area (Å²) in [6, 6.07) is 20.3. The number of fused-ring (bicyclic) bond motifs is 1. The second-order valence-corrected chi connectivity index (χ2v) is 8.95. The summed E-state index contributed by atoms with van der Waals surface area (Å²) >= 11 is 6.36. The van der Waals surface area contributed by atoms with Gasteiger partial charge >= 0.3 is 6.18 Å². The first-order chi connectivity index (χ1) is 17.2. The zero-order valence-electron chi connectivity index (χ0n) is 19.7. The first-order valence-corrected chi connectivity index (χ1v) is 11.5. The standard InChI is InChI=1S/C28H21ClF3N3O/c1-16-4-7-19(8-5-16)26-25-22(28(30,31)32)15-24(18-9-12-21(36-3)13-10-18)33-27(25)35(34-26)20-11-6-17(2)23(29)14-20/h4-15H,1-3H3. The van der Waals surface area contributed by atoms with Gasteiger partial charge in [0.1, 0.15) is 11.4 Å². The van der Waals surface area contributed by atoms with Crippen LogP contribution in [0.2, 0.25) is 5.02 Å². The van der Waals surface area contributed by atoms with Crippen molar-refractivity contribution in [3.05, 3.63) is 94.5 Å². The van der Waals surface area contributed by atoms with Gasteiger partial charge in [0.25, 0.3) is 0 Å². The van der Waals surface area contributed by atoms with Crippen LogP contribution in [0.3, 0.4) is 0 Å².